The van der Waals surface area contributed by atoms with Crippen LogP contribution in [0.2, 0.25) is 0 Å². The second kappa shape index (κ2) is 6.31. The normalized spacial score (nSPS) is 17.5. The summed E-state index contributed by atoms with van der Waals surface area (Å²) in [4.78, 5) is 18.2. The van der Waals surface area contributed by atoms with Gasteiger partial charge in [-0.05, 0) is 28.1 Å². The first-order chi connectivity index (χ1) is 10.6. The van der Waals surface area contributed by atoms with Gasteiger partial charge >= 0.3 is 0 Å². The van der Waals surface area contributed by atoms with Gasteiger partial charge in [0, 0.05) is 35.8 Å². The molecule has 0 saturated carbocycles. The average molecular weight is 364 g/mol. The number of carbonyl (C=O) groups is 1. The highest BCUT2D eigenvalue weighted by atomic mass is 79.9. The van der Waals surface area contributed by atoms with Crippen molar-refractivity contribution in [1.29, 1.82) is 0 Å². The first-order valence-electron chi connectivity index (χ1n) is 6.88. The topological polar surface area (TPSA) is 69.4 Å². The summed E-state index contributed by atoms with van der Waals surface area (Å²) in [6, 6.07) is 6.85. The van der Waals surface area contributed by atoms with Crippen molar-refractivity contribution in [3.05, 3.63) is 58.1 Å². The smallest absolute Gasteiger partial charge is 0.260 e. The van der Waals surface area contributed by atoms with Crippen molar-refractivity contribution in [2.24, 2.45) is 0 Å². The Kier molecular flexibility index (Phi) is 4.24. The van der Waals surface area contributed by atoms with Crippen molar-refractivity contribution in [3.8, 4) is 5.88 Å². The van der Waals surface area contributed by atoms with Gasteiger partial charge in [-0.25, -0.2) is 4.98 Å². The fourth-order valence-corrected chi connectivity index (χ4v) is 2.61. The molecule has 22 heavy (non-hydrogen) atoms. The largest absolute Gasteiger partial charge is 0.619 e. The van der Waals surface area contributed by atoms with Crippen LogP contribution in [0.3, 0.4) is 0 Å². The zero-order valence-corrected chi connectivity index (χ0v) is 13.3. The fraction of sp³-hybridized carbons (Fsp3) is 0.267. The molecule has 1 amide bonds. The Bertz CT molecular complexity index is 678. The Labute approximate surface area is 136 Å². The molecule has 0 aromatic carbocycles. The summed E-state index contributed by atoms with van der Waals surface area (Å²) in [7, 11) is 0. The molecule has 0 spiro atoms. The molecule has 1 aliphatic rings. The molecular formula is C15H14BrN3O3. The highest BCUT2D eigenvalue weighted by molar-refractivity contribution is 9.10. The van der Waals surface area contributed by atoms with Crippen molar-refractivity contribution < 1.29 is 14.3 Å². The van der Waals surface area contributed by atoms with E-state index in [0.717, 1.165) is 10.9 Å². The van der Waals surface area contributed by atoms with Crippen LogP contribution in [0.4, 0.5) is 0 Å². The van der Waals surface area contributed by atoms with Gasteiger partial charge < -0.3 is 14.8 Å². The van der Waals surface area contributed by atoms with Crippen LogP contribution in [0.1, 0.15) is 16.8 Å². The van der Waals surface area contributed by atoms with E-state index < -0.39 is 0 Å². The third-order valence-electron chi connectivity index (χ3n) is 3.44. The lowest BCUT2D eigenvalue weighted by Gasteiger charge is -2.16. The SMILES string of the molecule is O=C(c1ccc[n+]([O-])c1)N1CCC(Oc2ccc(Br)cn2)C1. The number of pyridine rings is 2. The summed E-state index contributed by atoms with van der Waals surface area (Å²) in [6.45, 7) is 1.10. The van der Waals surface area contributed by atoms with Crippen LogP contribution in [0.5, 0.6) is 5.88 Å². The maximum atomic E-state index is 12.3. The number of ether oxygens (including phenoxy) is 1. The van der Waals surface area contributed by atoms with E-state index in [2.05, 4.69) is 20.9 Å². The van der Waals surface area contributed by atoms with Gasteiger partial charge in [-0.2, -0.15) is 4.73 Å². The molecule has 1 atom stereocenters. The monoisotopic (exact) mass is 363 g/mol. The molecule has 0 bridgehead atoms. The Morgan fingerprint density at radius 1 is 1.45 bits per heavy atom. The lowest BCUT2D eigenvalue weighted by atomic mass is 10.2. The highest BCUT2D eigenvalue weighted by Crippen LogP contribution is 2.19. The number of nitrogens with zero attached hydrogens (tertiary/aromatic N) is 3. The van der Waals surface area contributed by atoms with E-state index >= 15 is 0 Å². The molecule has 0 aliphatic carbocycles. The third kappa shape index (κ3) is 3.36. The Hall–Kier alpha value is -2.15. The molecule has 6 nitrogen and oxygen atoms in total. The number of hydrogen-bond donors (Lipinski definition) is 0. The van der Waals surface area contributed by atoms with Crippen molar-refractivity contribution >= 4 is 21.8 Å². The number of hydrogen-bond acceptors (Lipinski definition) is 4. The van der Waals surface area contributed by atoms with Crippen LogP contribution in [-0.4, -0.2) is 35.0 Å². The Morgan fingerprint density at radius 2 is 2.32 bits per heavy atom. The predicted molar refractivity (Wildman–Crippen MR) is 82.3 cm³/mol. The van der Waals surface area contributed by atoms with Gasteiger partial charge in [-0.15, -0.1) is 0 Å². The molecule has 1 saturated heterocycles. The van der Waals surface area contributed by atoms with Gasteiger partial charge in [0.25, 0.3) is 5.91 Å². The van der Waals surface area contributed by atoms with Crippen molar-refractivity contribution in [2.45, 2.75) is 12.5 Å². The molecule has 114 valence electrons. The fourth-order valence-electron chi connectivity index (χ4n) is 2.38. The average Bonchev–Trinajstić information content (AvgIpc) is 2.97. The minimum absolute atomic E-state index is 0.0827. The quantitative estimate of drug-likeness (QED) is 0.615. The molecular weight excluding hydrogens is 350 g/mol. The molecule has 7 heteroatoms. The minimum atomic E-state index is -0.153. The molecule has 1 fully saturated rings. The minimum Gasteiger partial charge on any atom is -0.619 e. The van der Waals surface area contributed by atoms with E-state index in [1.54, 1.807) is 29.3 Å². The van der Waals surface area contributed by atoms with Crippen LogP contribution in [0, 0.1) is 5.21 Å². The van der Waals surface area contributed by atoms with Crippen LogP contribution in [-0.2, 0) is 0 Å². The maximum absolute atomic E-state index is 12.3. The van der Waals surface area contributed by atoms with E-state index in [1.807, 2.05) is 6.07 Å². The summed E-state index contributed by atoms with van der Waals surface area (Å²) in [5.41, 5.74) is 0.389. The lowest BCUT2D eigenvalue weighted by Crippen LogP contribution is -2.33. The molecule has 2 aromatic heterocycles. The van der Waals surface area contributed by atoms with E-state index in [-0.39, 0.29) is 12.0 Å². The van der Waals surface area contributed by atoms with Gasteiger partial charge in [0.15, 0.2) is 12.4 Å². The number of amides is 1. The molecule has 2 aromatic rings. The molecule has 0 radical (unpaired) electrons. The first kappa shape index (κ1) is 14.8. The van der Waals surface area contributed by atoms with Gasteiger partial charge in [0.1, 0.15) is 11.7 Å². The zero-order chi connectivity index (χ0) is 15.5. The summed E-state index contributed by atoms with van der Waals surface area (Å²) in [5, 5.41) is 11.3. The zero-order valence-electron chi connectivity index (χ0n) is 11.7. The Balaban J connectivity index is 1.62. The first-order valence-corrected chi connectivity index (χ1v) is 7.67. The standard InChI is InChI=1S/C15H14BrN3O3/c16-12-3-4-14(17-8-12)22-13-5-7-18(10-13)15(20)11-2-1-6-19(21)9-11/h1-4,6,8-9,13H,5,7,10H2. The maximum Gasteiger partial charge on any atom is 0.260 e. The van der Waals surface area contributed by atoms with E-state index in [1.165, 1.54) is 12.4 Å². The number of aromatic nitrogens is 2. The number of likely N-dealkylation sites (tertiary alicyclic amines) is 1. The molecule has 1 aliphatic heterocycles. The number of carbonyl (C=O) groups excluding carboxylic acids is 1. The lowest BCUT2D eigenvalue weighted by molar-refractivity contribution is -0.605. The molecule has 3 heterocycles. The second-order valence-corrected chi connectivity index (χ2v) is 5.96. The number of halogens is 1. The molecule has 3 rings (SSSR count). The van der Waals surface area contributed by atoms with Crippen molar-refractivity contribution in [1.82, 2.24) is 9.88 Å². The third-order valence-corrected chi connectivity index (χ3v) is 3.91. The van der Waals surface area contributed by atoms with Crippen LogP contribution in [0.15, 0.2) is 47.3 Å². The van der Waals surface area contributed by atoms with E-state index in [9.17, 15) is 10.0 Å². The summed E-state index contributed by atoms with van der Waals surface area (Å²) >= 11 is 3.32. The van der Waals surface area contributed by atoms with Crippen molar-refractivity contribution in [2.75, 3.05) is 13.1 Å². The van der Waals surface area contributed by atoms with Gasteiger partial charge in [-0.1, -0.05) is 0 Å². The predicted octanol–water partition coefficient (Wildman–Crippen LogP) is 1.77. The van der Waals surface area contributed by atoms with Crippen molar-refractivity contribution in [3.63, 3.8) is 0 Å². The van der Waals surface area contributed by atoms with Crippen LogP contribution < -0.4 is 9.47 Å². The van der Waals surface area contributed by atoms with Gasteiger partial charge in [0.2, 0.25) is 5.88 Å². The summed E-state index contributed by atoms with van der Waals surface area (Å²) in [6.07, 6.45) is 4.97. The van der Waals surface area contributed by atoms with Gasteiger partial charge in [-0.3, -0.25) is 4.79 Å². The van der Waals surface area contributed by atoms with Crippen LogP contribution >= 0.6 is 15.9 Å². The number of rotatable bonds is 3. The van der Waals surface area contributed by atoms with E-state index in [0.29, 0.717) is 29.3 Å². The molecule has 0 N–H and O–H groups in total. The molecule has 1 unspecified atom stereocenters. The van der Waals surface area contributed by atoms with Crippen LogP contribution in [0.25, 0.3) is 0 Å². The summed E-state index contributed by atoms with van der Waals surface area (Å²) in [5.74, 6) is 0.389. The highest BCUT2D eigenvalue weighted by Gasteiger charge is 2.29. The summed E-state index contributed by atoms with van der Waals surface area (Å²) < 4.78 is 7.29. The van der Waals surface area contributed by atoms with Gasteiger partial charge in [0.05, 0.1) is 6.54 Å². The second-order valence-electron chi connectivity index (χ2n) is 5.05. The Morgan fingerprint density at radius 3 is 3.05 bits per heavy atom. The van der Waals surface area contributed by atoms with E-state index in [4.69, 9.17) is 4.74 Å².